The number of carbonyl (C=O) groups is 2. The topological polar surface area (TPSA) is 52.7 Å². The highest BCUT2D eigenvalue weighted by atomic mass is 16.2. The zero-order chi connectivity index (χ0) is 17.9. The molecule has 2 aromatic carbocycles. The van der Waals surface area contributed by atoms with Crippen molar-refractivity contribution < 1.29 is 9.59 Å². The van der Waals surface area contributed by atoms with Gasteiger partial charge >= 0.3 is 6.03 Å². The molecule has 2 saturated heterocycles. The molecule has 5 nitrogen and oxygen atoms in total. The van der Waals surface area contributed by atoms with E-state index in [4.69, 9.17) is 0 Å². The summed E-state index contributed by atoms with van der Waals surface area (Å²) in [6, 6.07) is 18.2. The highest BCUT2D eigenvalue weighted by Crippen LogP contribution is 2.32. The van der Waals surface area contributed by atoms with Crippen molar-refractivity contribution in [3.63, 3.8) is 0 Å². The summed E-state index contributed by atoms with van der Waals surface area (Å²) < 4.78 is 0. The quantitative estimate of drug-likeness (QED) is 0.919. The second kappa shape index (κ2) is 7.20. The number of nitrogens with zero attached hydrogens (tertiary/aromatic N) is 2. The Bertz CT molecular complexity index is 789. The first-order valence-corrected chi connectivity index (χ1v) is 9.21. The van der Waals surface area contributed by atoms with Gasteiger partial charge in [0.1, 0.15) is 0 Å². The molecule has 0 saturated carbocycles. The van der Waals surface area contributed by atoms with Gasteiger partial charge in [-0.15, -0.1) is 0 Å². The third kappa shape index (κ3) is 3.29. The lowest BCUT2D eigenvalue weighted by Gasteiger charge is -2.41. The van der Waals surface area contributed by atoms with Crippen LogP contribution in [0.5, 0.6) is 0 Å². The molecular formula is C21H23N3O2. The van der Waals surface area contributed by atoms with Crippen molar-refractivity contribution in [2.24, 2.45) is 0 Å². The predicted octanol–water partition coefficient (Wildman–Crippen LogP) is 3.47. The highest BCUT2D eigenvalue weighted by molar-refractivity contribution is 5.95. The van der Waals surface area contributed by atoms with Gasteiger partial charge in [0.05, 0.1) is 6.04 Å². The summed E-state index contributed by atoms with van der Waals surface area (Å²) >= 11 is 0. The molecule has 2 aliphatic rings. The van der Waals surface area contributed by atoms with Crippen molar-refractivity contribution in [2.75, 3.05) is 18.0 Å². The molecule has 0 unspecified atom stereocenters. The fraction of sp³-hybridized carbons (Fsp3) is 0.333. The van der Waals surface area contributed by atoms with Crippen LogP contribution in [0.1, 0.15) is 36.4 Å². The zero-order valence-corrected chi connectivity index (χ0v) is 14.7. The second-order valence-corrected chi connectivity index (χ2v) is 6.88. The third-order valence-electron chi connectivity index (χ3n) is 5.23. The summed E-state index contributed by atoms with van der Waals surface area (Å²) in [4.78, 5) is 28.0. The first kappa shape index (κ1) is 16.6. The number of amides is 3. The lowest BCUT2D eigenvalue weighted by atomic mass is 9.95. The number of benzene rings is 2. The summed E-state index contributed by atoms with van der Waals surface area (Å²) in [5.41, 5.74) is 3.16. The second-order valence-electron chi connectivity index (χ2n) is 6.88. The van der Waals surface area contributed by atoms with Gasteiger partial charge in [-0.3, -0.25) is 4.79 Å². The smallest absolute Gasteiger partial charge is 0.318 e. The number of anilines is 1. The van der Waals surface area contributed by atoms with Gasteiger partial charge in [0.2, 0.25) is 5.91 Å². The minimum atomic E-state index is -0.0242. The molecule has 0 aromatic heterocycles. The molecule has 2 aliphatic heterocycles. The maximum Gasteiger partial charge on any atom is 0.318 e. The van der Waals surface area contributed by atoms with Gasteiger partial charge in [-0.2, -0.15) is 0 Å². The number of nitrogens with one attached hydrogen (secondary N) is 1. The van der Waals surface area contributed by atoms with Gasteiger partial charge in [-0.25, -0.2) is 4.79 Å². The molecular weight excluding hydrogens is 326 g/mol. The van der Waals surface area contributed by atoms with E-state index in [-0.39, 0.29) is 18.0 Å². The van der Waals surface area contributed by atoms with Gasteiger partial charge in [-0.1, -0.05) is 42.5 Å². The van der Waals surface area contributed by atoms with Gasteiger partial charge in [0.25, 0.3) is 0 Å². The Hall–Kier alpha value is -2.82. The summed E-state index contributed by atoms with van der Waals surface area (Å²) in [6.07, 6.45) is 2.57. The minimum Gasteiger partial charge on any atom is -0.334 e. The molecule has 0 bridgehead atoms. The van der Waals surface area contributed by atoms with Crippen LogP contribution in [0.15, 0.2) is 54.6 Å². The van der Waals surface area contributed by atoms with Gasteiger partial charge in [0.15, 0.2) is 0 Å². The van der Waals surface area contributed by atoms with Crippen molar-refractivity contribution in [2.45, 2.75) is 31.8 Å². The molecule has 2 aromatic rings. The van der Waals surface area contributed by atoms with E-state index in [2.05, 4.69) is 17.4 Å². The van der Waals surface area contributed by atoms with Crippen molar-refractivity contribution in [3.05, 3.63) is 65.7 Å². The molecule has 0 spiro atoms. The van der Waals surface area contributed by atoms with Gasteiger partial charge < -0.3 is 15.1 Å². The van der Waals surface area contributed by atoms with Crippen molar-refractivity contribution in [3.8, 4) is 0 Å². The molecule has 0 aliphatic carbocycles. The fourth-order valence-corrected chi connectivity index (χ4v) is 3.65. The predicted molar refractivity (Wildman–Crippen MR) is 101 cm³/mol. The Labute approximate surface area is 153 Å². The molecule has 4 rings (SSSR count). The van der Waals surface area contributed by atoms with Crippen LogP contribution in [0.2, 0.25) is 0 Å². The maximum absolute atomic E-state index is 12.5. The Balaban J connectivity index is 1.32. The Morgan fingerprint density at radius 3 is 2.42 bits per heavy atom. The summed E-state index contributed by atoms with van der Waals surface area (Å²) in [6.45, 7) is 2.08. The lowest BCUT2D eigenvalue weighted by Crippen LogP contribution is -2.49. The standard InChI is InChI=1S/C21H23N3O2/c25-20-7-4-13-23(20)18-10-8-16(9-11-18)15-22-21(26)24-14-12-19(24)17-5-2-1-3-6-17/h1-3,5-6,8-11,19H,4,7,12-15H2,(H,22,26)/t19-/m0/s1. The average Bonchev–Trinajstić information content (AvgIpc) is 3.06. The molecule has 0 radical (unpaired) electrons. The first-order valence-electron chi connectivity index (χ1n) is 9.21. The van der Waals surface area contributed by atoms with E-state index in [1.165, 1.54) is 5.56 Å². The van der Waals surface area contributed by atoms with E-state index >= 15 is 0 Å². The molecule has 2 fully saturated rings. The van der Waals surface area contributed by atoms with Gasteiger partial charge in [0, 0.05) is 31.7 Å². The van der Waals surface area contributed by atoms with Crippen LogP contribution in [0.3, 0.4) is 0 Å². The average molecular weight is 349 g/mol. The normalized spacial score (nSPS) is 19.4. The number of rotatable bonds is 4. The van der Waals surface area contributed by atoms with Crippen molar-refractivity contribution in [1.82, 2.24) is 10.2 Å². The number of likely N-dealkylation sites (tertiary alicyclic amines) is 1. The molecule has 1 atom stereocenters. The monoisotopic (exact) mass is 349 g/mol. The number of hydrogen-bond acceptors (Lipinski definition) is 2. The maximum atomic E-state index is 12.5. The van der Waals surface area contributed by atoms with Crippen LogP contribution in [-0.4, -0.2) is 29.9 Å². The Morgan fingerprint density at radius 2 is 1.81 bits per heavy atom. The number of hydrogen-bond donors (Lipinski definition) is 1. The number of carbonyl (C=O) groups excluding carboxylic acids is 2. The van der Waals surface area contributed by atoms with E-state index in [0.29, 0.717) is 13.0 Å². The Morgan fingerprint density at radius 1 is 1.04 bits per heavy atom. The van der Waals surface area contributed by atoms with Crippen LogP contribution >= 0.6 is 0 Å². The Kier molecular flexibility index (Phi) is 4.61. The van der Waals surface area contributed by atoms with Gasteiger partial charge in [-0.05, 0) is 36.1 Å². The summed E-state index contributed by atoms with van der Waals surface area (Å²) in [5, 5.41) is 3.00. The fourth-order valence-electron chi connectivity index (χ4n) is 3.65. The van der Waals surface area contributed by atoms with E-state index in [1.807, 2.05) is 52.3 Å². The SMILES string of the molecule is O=C1CCCN1c1ccc(CNC(=O)N2CC[C@H]2c2ccccc2)cc1. The third-order valence-corrected chi connectivity index (χ3v) is 5.23. The highest BCUT2D eigenvalue weighted by Gasteiger charge is 2.33. The molecule has 2 heterocycles. The molecule has 134 valence electrons. The number of urea groups is 1. The summed E-state index contributed by atoms with van der Waals surface area (Å²) in [5.74, 6) is 0.191. The zero-order valence-electron chi connectivity index (χ0n) is 14.7. The molecule has 1 N–H and O–H groups in total. The minimum absolute atomic E-state index is 0.0242. The van der Waals surface area contributed by atoms with E-state index < -0.39 is 0 Å². The van der Waals surface area contributed by atoms with Crippen LogP contribution < -0.4 is 10.2 Å². The molecule has 3 amide bonds. The van der Waals surface area contributed by atoms with Crippen LogP contribution in [0, 0.1) is 0 Å². The molecule has 26 heavy (non-hydrogen) atoms. The van der Waals surface area contributed by atoms with E-state index in [9.17, 15) is 9.59 Å². The summed E-state index contributed by atoms with van der Waals surface area (Å²) in [7, 11) is 0. The van der Waals surface area contributed by atoms with Crippen molar-refractivity contribution >= 4 is 17.6 Å². The first-order chi connectivity index (χ1) is 12.7. The largest absolute Gasteiger partial charge is 0.334 e. The van der Waals surface area contributed by atoms with E-state index in [0.717, 1.165) is 37.2 Å². The molecule has 5 heteroatoms. The van der Waals surface area contributed by atoms with Crippen LogP contribution in [0.25, 0.3) is 0 Å². The lowest BCUT2D eigenvalue weighted by molar-refractivity contribution is -0.117. The van der Waals surface area contributed by atoms with Crippen LogP contribution in [0.4, 0.5) is 10.5 Å². The van der Waals surface area contributed by atoms with Crippen LogP contribution in [-0.2, 0) is 11.3 Å². The van der Waals surface area contributed by atoms with Crippen molar-refractivity contribution in [1.29, 1.82) is 0 Å². The van der Waals surface area contributed by atoms with E-state index in [1.54, 1.807) is 0 Å².